The molecule has 3 heteroatoms. The molecule has 3 nitrogen and oxygen atoms in total. The fourth-order valence-corrected chi connectivity index (χ4v) is 3.51. The van der Waals surface area contributed by atoms with Gasteiger partial charge in [-0.1, -0.05) is 119 Å². The van der Waals surface area contributed by atoms with Crippen LogP contribution in [-0.4, -0.2) is 24.8 Å². The van der Waals surface area contributed by atoms with Gasteiger partial charge in [0.05, 0.1) is 12.8 Å². The average Bonchev–Trinajstić information content (AvgIpc) is 2.78. The van der Waals surface area contributed by atoms with Gasteiger partial charge in [0.2, 0.25) is 0 Å². The number of unbranched alkanes of at least 4 members (excludes halogenated alkanes) is 7. The molecule has 0 radical (unpaired) electrons. The first kappa shape index (κ1) is 22.9. The molecule has 0 aliphatic heterocycles. The summed E-state index contributed by atoms with van der Waals surface area (Å²) in [6.45, 7) is 2.24. The Balaban J connectivity index is 2.06. The highest BCUT2D eigenvalue weighted by Gasteiger charge is 2.20. The Labute approximate surface area is 176 Å². The minimum Gasteiger partial charge on any atom is -0.467 e. The summed E-state index contributed by atoms with van der Waals surface area (Å²) >= 11 is 0. The molecule has 0 aromatic heterocycles. The van der Waals surface area contributed by atoms with Crippen molar-refractivity contribution in [1.29, 1.82) is 0 Å². The summed E-state index contributed by atoms with van der Waals surface area (Å²) in [4.78, 5) is 17.3. The van der Waals surface area contributed by atoms with Crippen molar-refractivity contribution in [2.24, 2.45) is 4.99 Å². The van der Waals surface area contributed by atoms with Crippen molar-refractivity contribution in [3.63, 3.8) is 0 Å². The van der Waals surface area contributed by atoms with Gasteiger partial charge in [-0.3, -0.25) is 4.99 Å². The zero-order valence-electron chi connectivity index (χ0n) is 18.0. The van der Waals surface area contributed by atoms with Gasteiger partial charge in [0.25, 0.3) is 0 Å². The molecule has 0 heterocycles. The summed E-state index contributed by atoms with van der Waals surface area (Å²) in [6, 6.07) is 19.7. The average molecular weight is 394 g/mol. The van der Waals surface area contributed by atoms with E-state index in [9.17, 15) is 4.79 Å². The van der Waals surface area contributed by atoms with E-state index >= 15 is 0 Å². The summed E-state index contributed by atoms with van der Waals surface area (Å²) in [5.41, 5.74) is 2.88. The molecule has 2 aromatic rings. The molecule has 0 bridgehead atoms. The second-order valence-electron chi connectivity index (χ2n) is 7.51. The molecule has 0 aliphatic rings. The van der Waals surface area contributed by atoms with Crippen LogP contribution >= 0.6 is 0 Å². The van der Waals surface area contributed by atoms with Gasteiger partial charge in [0.1, 0.15) is 6.04 Å². The Kier molecular flexibility index (Phi) is 10.8. The largest absolute Gasteiger partial charge is 0.467 e. The first-order valence-electron chi connectivity index (χ1n) is 11.0. The normalized spacial score (nSPS) is 11.7. The van der Waals surface area contributed by atoms with Crippen molar-refractivity contribution < 1.29 is 9.53 Å². The van der Waals surface area contributed by atoms with Gasteiger partial charge >= 0.3 is 5.97 Å². The highest BCUT2D eigenvalue weighted by Crippen LogP contribution is 2.17. The van der Waals surface area contributed by atoms with Crippen LogP contribution in [0.2, 0.25) is 0 Å². The van der Waals surface area contributed by atoms with E-state index in [-0.39, 0.29) is 5.97 Å². The van der Waals surface area contributed by atoms with Crippen molar-refractivity contribution in [2.45, 2.75) is 70.8 Å². The maximum atomic E-state index is 12.4. The number of benzene rings is 2. The molecule has 1 unspecified atom stereocenters. The first-order valence-corrected chi connectivity index (χ1v) is 11.0. The molecule has 2 aromatic carbocycles. The molecule has 0 amide bonds. The third-order valence-electron chi connectivity index (χ3n) is 5.18. The third-order valence-corrected chi connectivity index (χ3v) is 5.18. The summed E-state index contributed by atoms with van der Waals surface area (Å²) in [7, 11) is 1.45. The predicted molar refractivity (Wildman–Crippen MR) is 122 cm³/mol. The highest BCUT2D eigenvalue weighted by molar-refractivity contribution is 6.13. The minimum atomic E-state index is -0.462. The monoisotopic (exact) mass is 393 g/mol. The Morgan fingerprint density at radius 2 is 1.28 bits per heavy atom. The number of carbonyl (C=O) groups excluding carboxylic acids is 1. The van der Waals surface area contributed by atoms with E-state index in [0.29, 0.717) is 0 Å². The van der Waals surface area contributed by atoms with E-state index in [0.717, 1.165) is 36.1 Å². The van der Waals surface area contributed by atoms with Crippen LogP contribution in [0.15, 0.2) is 65.7 Å². The molecule has 0 saturated carbocycles. The maximum Gasteiger partial charge on any atom is 0.330 e. The van der Waals surface area contributed by atoms with Crippen LogP contribution in [0, 0.1) is 0 Å². The molecular weight excluding hydrogens is 358 g/mol. The van der Waals surface area contributed by atoms with E-state index < -0.39 is 6.04 Å². The van der Waals surface area contributed by atoms with Crippen LogP contribution < -0.4 is 0 Å². The quantitative estimate of drug-likeness (QED) is 0.218. The zero-order valence-corrected chi connectivity index (χ0v) is 18.0. The molecule has 0 saturated heterocycles. The second-order valence-corrected chi connectivity index (χ2v) is 7.51. The van der Waals surface area contributed by atoms with Gasteiger partial charge in [-0.2, -0.15) is 0 Å². The number of esters is 1. The number of nitrogens with zero attached hydrogens (tertiary/aromatic N) is 1. The van der Waals surface area contributed by atoms with E-state index in [1.165, 1.54) is 45.6 Å². The number of rotatable bonds is 13. The van der Waals surface area contributed by atoms with Crippen molar-refractivity contribution in [2.75, 3.05) is 7.11 Å². The molecule has 0 fully saturated rings. The van der Waals surface area contributed by atoms with E-state index in [4.69, 9.17) is 9.73 Å². The molecule has 0 N–H and O–H groups in total. The first-order chi connectivity index (χ1) is 14.3. The number of ether oxygens (including phenoxy) is 1. The predicted octanol–water partition coefficient (Wildman–Crippen LogP) is 6.60. The van der Waals surface area contributed by atoms with Crippen molar-refractivity contribution in [1.82, 2.24) is 0 Å². The summed E-state index contributed by atoms with van der Waals surface area (Å²) in [5.74, 6) is -0.252. The molecule has 2 rings (SSSR count). The Hall–Kier alpha value is -2.42. The SMILES string of the molecule is CCCCCCCCCCC(N=C(c1ccccc1)c1ccccc1)C(=O)OC. The van der Waals surface area contributed by atoms with Crippen LogP contribution in [0.5, 0.6) is 0 Å². The Bertz CT molecular complexity index is 683. The van der Waals surface area contributed by atoms with Crippen LogP contribution in [-0.2, 0) is 9.53 Å². The summed E-state index contributed by atoms with van der Waals surface area (Å²) in [6.07, 6.45) is 10.6. The Morgan fingerprint density at radius 3 is 1.76 bits per heavy atom. The lowest BCUT2D eigenvalue weighted by atomic mass is 10.0. The van der Waals surface area contributed by atoms with Gasteiger partial charge in [-0.15, -0.1) is 0 Å². The van der Waals surface area contributed by atoms with Crippen molar-refractivity contribution in [3.05, 3.63) is 71.8 Å². The standard InChI is InChI=1S/C26H35NO2/c1-3-4-5-6-7-8-9-16-21-24(26(28)29-2)27-25(22-17-12-10-13-18-22)23-19-14-11-15-20-23/h10-15,17-20,24H,3-9,16,21H2,1-2H3. The van der Waals surface area contributed by atoms with Crippen LogP contribution in [0.4, 0.5) is 0 Å². The molecular formula is C26H35NO2. The second kappa shape index (κ2) is 13.7. The molecule has 29 heavy (non-hydrogen) atoms. The lowest BCUT2D eigenvalue weighted by Crippen LogP contribution is -2.22. The number of carbonyl (C=O) groups is 1. The smallest absolute Gasteiger partial charge is 0.330 e. The lowest BCUT2D eigenvalue weighted by Gasteiger charge is -2.14. The van der Waals surface area contributed by atoms with E-state index in [1.807, 2.05) is 60.7 Å². The van der Waals surface area contributed by atoms with Gasteiger partial charge in [0, 0.05) is 11.1 Å². The van der Waals surface area contributed by atoms with Crippen LogP contribution in [0.25, 0.3) is 0 Å². The maximum absolute atomic E-state index is 12.4. The molecule has 0 spiro atoms. The highest BCUT2D eigenvalue weighted by atomic mass is 16.5. The fraction of sp³-hybridized carbons (Fsp3) is 0.462. The Morgan fingerprint density at radius 1 is 0.793 bits per heavy atom. The van der Waals surface area contributed by atoms with Crippen molar-refractivity contribution in [3.8, 4) is 0 Å². The zero-order chi connectivity index (χ0) is 20.7. The lowest BCUT2D eigenvalue weighted by molar-refractivity contribution is -0.142. The summed E-state index contributed by atoms with van der Waals surface area (Å²) < 4.78 is 5.06. The fourth-order valence-electron chi connectivity index (χ4n) is 3.51. The van der Waals surface area contributed by atoms with Gasteiger partial charge in [0.15, 0.2) is 0 Å². The van der Waals surface area contributed by atoms with Gasteiger partial charge < -0.3 is 4.74 Å². The van der Waals surface area contributed by atoms with E-state index in [2.05, 4.69) is 6.92 Å². The van der Waals surface area contributed by atoms with Crippen LogP contribution in [0.1, 0.15) is 75.8 Å². The topological polar surface area (TPSA) is 38.7 Å². The minimum absolute atomic E-state index is 0.252. The summed E-state index contributed by atoms with van der Waals surface area (Å²) in [5, 5.41) is 0. The van der Waals surface area contributed by atoms with Crippen LogP contribution in [0.3, 0.4) is 0 Å². The number of hydrogen-bond donors (Lipinski definition) is 0. The molecule has 156 valence electrons. The molecule has 1 atom stereocenters. The van der Waals surface area contributed by atoms with Crippen molar-refractivity contribution >= 4 is 11.7 Å². The van der Waals surface area contributed by atoms with E-state index in [1.54, 1.807) is 0 Å². The van der Waals surface area contributed by atoms with Gasteiger partial charge in [-0.25, -0.2) is 4.79 Å². The number of methoxy groups -OCH3 is 1. The third kappa shape index (κ3) is 8.23. The van der Waals surface area contributed by atoms with Gasteiger partial charge in [-0.05, 0) is 6.42 Å². The number of hydrogen-bond acceptors (Lipinski definition) is 3. The molecule has 0 aliphatic carbocycles. The number of aliphatic imine (C=N–C) groups is 1.